The number of aromatic nitrogens is 3. The van der Waals surface area contributed by atoms with Crippen LogP contribution in [0.25, 0.3) is 5.69 Å². The summed E-state index contributed by atoms with van der Waals surface area (Å²) >= 11 is 0. The topological polar surface area (TPSA) is 158 Å². The standard InChI is InChI=1S/C14H19N7O2/c1-8(18-14(16)17)12-7-21(20-19-12)10-4-2-9(3-5-10)6-11(15)13(22)23/h2-5,7-8,11H,6,15H2,1H3,(H,22,23)(H4,16,17,18)/t8?,11-/m0/s1. The van der Waals surface area contributed by atoms with Crippen molar-refractivity contribution in [3.8, 4) is 5.69 Å². The minimum absolute atomic E-state index is 0.00817. The Bertz CT molecular complexity index is 704. The van der Waals surface area contributed by atoms with Crippen LogP contribution in [0, 0.1) is 0 Å². The minimum Gasteiger partial charge on any atom is -0.480 e. The van der Waals surface area contributed by atoms with Crippen molar-refractivity contribution in [1.82, 2.24) is 15.0 Å². The predicted molar refractivity (Wildman–Crippen MR) is 84.9 cm³/mol. The smallest absolute Gasteiger partial charge is 0.320 e. The Labute approximate surface area is 132 Å². The van der Waals surface area contributed by atoms with Gasteiger partial charge in [0.1, 0.15) is 11.7 Å². The molecule has 0 spiro atoms. The highest BCUT2D eigenvalue weighted by atomic mass is 16.4. The van der Waals surface area contributed by atoms with E-state index in [4.69, 9.17) is 22.3 Å². The maximum atomic E-state index is 10.8. The summed E-state index contributed by atoms with van der Waals surface area (Å²) < 4.78 is 1.59. The molecule has 0 bridgehead atoms. The van der Waals surface area contributed by atoms with Crippen LogP contribution in [-0.4, -0.2) is 38.1 Å². The Morgan fingerprint density at radius 1 is 1.35 bits per heavy atom. The van der Waals surface area contributed by atoms with E-state index in [1.807, 2.05) is 19.1 Å². The third-order valence-electron chi connectivity index (χ3n) is 3.26. The number of aliphatic imine (C=N–C) groups is 1. The SMILES string of the molecule is CC(N=C(N)N)c1cn(-c2ccc(C[C@H](N)C(=O)O)cc2)nn1. The van der Waals surface area contributed by atoms with Gasteiger partial charge in [0.15, 0.2) is 5.96 Å². The molecular weight excluding hydrogens is 298 g/mol. The van der Waals surface area contributed by atoms with Crippen LogP contribution in [0.1, 0.15) is 24.2 Å². The number of carbonyl (C=O) groups is 1. The molecule has 1 unspecified atom stereocenters. The monoisotopic (exact) mass is 317 g/mol. The fourth-order valence-electron chi connectivity index (χ4n) is 2.01. The van der Waals surface area contributed by atoms with Crippen molar-refractivity contribution in [2.75, 3.05) is 0 Å². The molecule has 2 rings (SSSR count). The molecule has 0 amide bonds. The van der Waals surface area contributed by atoms with Crippen molar-refractivity contribution in [2.45, 2.75) is 25.4 Å². The van der Waals surface area contributed by atoms with Gasteiger partial charge < -0.3 is 22.3 Å². The lowest BCUT2D eigenvalue weighted by Gasteiger charge is -2.07. The third kappa shape index (κ3) is 4.27. The molecule has 0 aliphatic rings. The van der Waals surface area contributed by atoms with Gasteiger partial charge in [-0.05, 0) is 31.0 Å². The van der Waals surface area contributed by atoms with Crippen LogP contribution in [0.4, 0.5) is 0 Å². The normalized spacial score (nSPS) is 13.3. The van der Waals surface area contributed by atoms with Gasteiger partial charge in [0.05, 0.1) is 17.9 Å². The van der Waals surface area contributed by atoms with E-state index in [-0.39, 0.29) is 18.4 Å². The minimum atomic E-state index is -1.02. The van der Waals surface area contributed by atoms with Gasteiger partial charge in [-0.15, -0.1) is 5.10 Å². The first kappa shape index (κ1) is 16.4. The van der Waals surface area contributed by atoms with Crippen LogP contribution in [0.2, 0.25) is 0 Å². The first-order chi connectivity index (χ1) is 10.9. The zero-order chi connectivity index (χ0) is 17.0. The van der Waals surface area contributed by atoms with E-state index in [0.29, 0.717) is 5.69 Å². The predicted octanol–water partition coefficient (Wildman–Crippen LogP) is -0.444. The summed E-state index contributed by atoms with van der Waals surface area (Å²) in [7, 11) is 0. The van der Waals surface area contributed by atoms with Crippen LogP contribution in [0.15, 0.2) is 35.5 Å². The van der Waals surface area contributed by atoms with E-state index in [9.17, 15) is 4.79 Å². The molecule has 0 saturated carbocycles. The quantitative estimate of drug-likeness (QED) is 0.415. The molecule has 0 aliphatic carbocycles. The summed E-state index contributed by atoms with van der Waals surface area (Å²) in [5, 5.41) is 16.9. The molecule has 2 aromatic rings. The highest BCUT2D eigenvalue weighted by molar-refractivity contribution is 5.75. The van der Waals surface area contributed by atoms with E-state index in [2.05, 4.69) is 15.3 Å². The van der Waals surface area contributed by atoms with E-state index in [1.54, 1.807) is 23.0 Å². The molecule has 1 aromatic heterocycles. The lowest BCUT2D eigenvalue weighted by atomic mass is 10.1. The number of benzene rings is 1. The lowest BCUT2D eigenvalue weighted by Crippen LogP contribution is -2.32. The highest BCUT2D eigenvalue weighted by Crippen LogP contribution is 2.16. The molecule has 0 aliphatic heterocycles. The Hall–Kier alpha value is -2.94. The van der Waals surface area contributed by atoms with Gasteiger partial charge in [0.25, 0.3) is 0 Å². The zero-order valence-electron chi connectivity index (χ0n) is 12.6. The fourth-order valence-corrected chi connectivity index (χ4v) is 2.01. The first-order valence-corrected chi connectivity index (χ1v) is 6.95. The van der Waals surface area contributed by atoms with Gasteiger partial charge in [0.2, 0.25) is 0 Å². The van der Waals surface area contributed by atoms with Gasteiger partial charge in [-0.1, -0.05) is 17.3 Å². The van der Waals surface area contributed by atoms with Gasteiger partial charge in [-0.3, -0.25) is 4.79 Å². The summed E-state index contributed by atoms with van der Waals surface area (Å²) in [6, 6.07) is 6.03. The van der Waals surface area contributed by atoms with Crippen molar-refractivity contribution in [3.05, 3.63) is 41.7 Å². The molecule has 1 aromatic carbocycles. The van der Waals surface area contributed by atoms with E-state index >= 15 is 0 Å². The molecule has 7 N–H and O–H groups in total. The van der Waals surface area contributed by atoms with Gasteiger partial charge in [-0.25, -0.2) is 9.67 Å². The molecule has 1 heterocycles. The molecule has 9 heteroatoms. The number of nitrogens with two attached hydrogens (primary N) is 3. The number of carboxylic acids is 1. The van der Waals surface area contributed by atoms with E-state index in [0.717, 1.165) is 11.3 Å². The van der Waals surface area contributed by atoms with Crippen molar-refractivity contribution < 1.29 is 9.90 Å². The largest absolute Gasteiger partial charge is 0.480 e. The maximum absolute atomic E-state index is 10.8. The van der Waals surface area contributed by atoms with Gasteiger partial charge >= 0.3 is 5.97 Å². The Morgan fingerprint density at radius 3 is 2.57 bits per heavy atom. The van der Waals surface area contributed by atoms with Crippen LogP contribution in [0.3, 0.4) is 0 Å². The van der Waals surface area contributed by atoms with Crippen LogP contribution < -0.4 is 17.2 Å². The summed E-state index contributed by atoms with van der Waals surface area (Å²) in [6.45, 7) is 1.81. The molecule has 0 saturated heterocycles. The molecular formula is C14H19N7O2. The second-order valence-corrected chi connectivity index (χ2v) is 5.13. The van der Waals surface area contributed by atoms with Crippen molar-refractivity contribution >= 4 is 11.9 Å². The average molecular weight is 317 g/mol. The number of hydrogen-bond donors (Lipinski definition) is 4. The summed E-state index contributed by atoms with van der Waals surface area (Å²) in [5.41, 5.74) is 18.5. The maximum Gasteiger partial charge on any atom is 0.320 e. The number of guanidine groups is 1. The third-order valence-corrected chi connectivity index (χ3v) is 3.26. The molecule has 2 atom stereocenters. The average Bonchev–Trinajstić information content (AvgIpc) is 2.97. The molecule has 0 radical (unpaired) electrons. The van der Waals surface area contributed by atoms with Crippen LogP contribution >= 0.6 is 0 Å². The number of hydrogen-bond acceptors (Lipinski definition) is 5. The van der Waals surface area contributed by atoms with Crippen molar-refractivity contribution in [3.63, 3.8) is 0 Å². The van der Waals surface area contributed by atoms with Crippen molar-refractivity contribution in [1.29, 1.82) is 0 Å². The lowest BCUT2D eigenvalue weighted by molar-refractivity contribution is -0.138. The molecule has 23 heavy (non-hydrogen) atoms. The number of aliphatic carboxylic acids is 1. The van der Waals surface area contributed by atoms with Gasteiger partial charge in [0, 0.05) is 0 Å². The van der Waals surface area contributed by atoms with E-state index < -0.39 is 12.0 Å². The highest BCUT2D eigenvalue weighted by Gasteiger charge is 2.13. The summed E-state index contributed by atoms with van der Waals surface area (Å²) in [6.07, 6.45) is 1.99. The summed E-state index contributed by atoms with van der Waals surface area (Å²) in [4.78, 5) is 14.8. The van der Waals surface area contributed by atoms with Crippen LogP contribution in [0.5, 0.6) is 0 Å². The Morgan fingerprint density at radius 2 is 2.00 bits per heavy atom. The molecule has 0 fully saturated rings. The van der Waals surface area contributed by atoms with Gasteiger partial charge in [-0.2, -0.15) is 0 Å². The van der Waals surface area contributed by atoms with Crippen molar-refractivity contribution in [2.24, 2.45) is 22.2 Å². The second kappa shape index (κ2) is 6.88. The van der Waals surface area contributed by atoms with Crippen LogP contribution in [-0.2, 0) is 11.2 Å². The number of rotatable bonds is 6. The Kier molecular flexibility index (Phi) is 4.91. The fraction of sp³-hybridized carbons (Fsp3) is 0.286. The zero-order valence-corrected chi connectivity index (χ0v) is 12.6. The second-order valence-electron chi connectivity index (χ2n) is 5.13. The van der Waals surface area contributed by atoms with E-state index in [1.165, 1.54) is 0 Å². The number of nitrogens with zero attached hydrogens (tertiary/aromatic N) is 4. The number of carboxylic acid groups (broad SMARTS) is 1. The Balaban J connectivity index is 2.12. The first-order valence-electron chi connectivity index (χ1n) is 6.95. The molecule has 122 valence electrons. The summed E-state index contributed by atoms with van der Waals surface area (Å²) in [5.74, 6) is -1.03. The molecule has 9 nitrogen and oxygen atoms in total.